The van der Waals surface area contributed by atoms with E-state index in [-0.39, 0.29) is 0 Å². The molecule has 0 saturated carbocycles. The quantitative estimate of drug-likeness (QED) is 0.523. The number of rotatable bonds is 3. The molecule has 3 aromatic rings. The predicted molar refractivity (Wildman–Crippen MR) is 110 cm³/mol. The fourth-order valence-electron chi connectivity index (χ4n) is 3.55. The van der Waals surface area contributed by atoms with Gasteiger partial charge in [-0.3, -0.25) is 9.58 Å². The van der Waals surface area contributed by atoms with E-state index in [2.05, 4.69) is 73.0 Å². The van der Waals surface area contributed by atoms with Crippen LogP contribution in [-0.2, 0) is 19.9 Å². The largest absolute Gasteiger partial charge is 0.296 e. The predicted octanol–water partition coefficient (Wildman–Crippen LogP) is 4.63. The van der Waals surface area contributed by atoms with Crippen LogP contribution in [0.25, 0.3) is 10.2 Å². The smallest absolute Gasteiger partial charge is 0.132 e. The number of hydrogen-bond acceptors (Lipinski definition) is 5. The summed E-state index contributed by atoms with van der Waals surface area (Å²) in [6.07, 6.45) is 2.15. The number of halogens is 1. The highest BCUT2D eigenvalue weighted by Crippen LogP contribution is 2.33. The summed E-state index contributed by atoms with van der Waals surface area (Å²) in [6, 6.07) is 7.13. The summed E-state index contributed by atoms with van der Waals surface area (Å²) < 4.78 is 3.34. The van der Waals surface area contributed by atoms with E-state index in [4.69, 9.17) is 0 Å². The summed E-state index contributed by atoms with van der Waals surface area (Å²) in [7, 11) is 3.81. The molecule has 0 amide bonds. The van der Waals surface area contributed by atoms with Crippen LogP contribution in [0.5, 0.6) is 0 Å². The summed E-state index contributed by atoms with van der Waals surface area (Å²) >= 11 is 4.05. The number of aromatic nitrogens is 3. The first kappa shape index (κ1) is 16.8. The zero-order valence-corrected chi connectivity index (χ0v) is 17.5. The molecule has 1 atom stereocenters. The van der Waals surface area contributed by atoms with Crippen LogP contribution in [0.3, 0.4) is 0 Å². The second-order valence-electron chi connectivity index (χ2n) is 6.22. The van der Waals surface area contributed by atoms with Crippen LogP contribution in [0.15, 0.2) is 28.7 Å². The van der Waals surface area contributed by atoms with Crippen molar-refractivity contribution in [3.05, 3.63) is 40.5 Å². The van der Waals surface area contributed by atoms with Gasteiger partial charge in [-0.1, -0.05) is 6.07 Å². The molecular formula is C17H19IN4S2. The van der Waals surface area contributed by atoms with Crippen LogP contribution in [0, 0.1) is 0 Å². The Balaban J connectivity index is 1.57. The Hall–Kier alpha value is -0.640. The fraction of sp³-hybridized carbons (Fsp3) is 0.412. The van der Waals surface area contributed by atoms with Gasteiger partial charge in [-0.05, 0) is 40.0 Å². The number of hydrogen-bond donors (Lipinski definition) is 0. The molecule has 1 aliphatic heterocycles. The molecule has 1 aromatic carbocycles. The van der Waals surface area contributed by atoms with Crippen LogP contribution < -0.4 is 0 Å². The van der Waals surface area contributed by atoms with Crippen molar-refractivity contribution in [3.63, 3.8) is 0 Å². The molecule has 24 heavy (non-hydrogen) atoms. The molecule has 2 aromatic heterocycles. The first-order valence-electron chi connectivity index (χ1n) is 8.08. The van der Waals surface area contributed by atoms with E-state index in [0.717, 1.165) is 31.4 Å². The standard InChI is InChI=1S/C17H19IN4S2/c1-11(12-3-4-16-14(9-12)19-10-23-16)22-7-5-13-15(6-8-22)21(2)20-17(13)24-18/h3-4,9-11H,5-8H2,1-2H3. The molecule has 4 rings (SSSR count). The molecule has 3 heterocycles. The molecule has 4 nitrogen and oxygen atoms in total. The average Bonchev–Trinajstić information content (AvgIpc) is 3.10. The number of benzene rings is 1. The topological polar surface area (TPSA) is 34.0 Å². The van der Waals surface area contributed by atoms with Gasteiger partial charge in [0.2, 0.25) is 0 Å². The van der Waals surface area contributed by atoms with Gasteiger partial charge in [0.1, 0.15) is 5.03 Å². The molecule has 1 aliphatic rings. The van der Waals surface area contributed by atoms with Crippen molar-refractivity contribution in [2.75, 3.05) is 13.1 Å². The summed E-state index contributed by atoms with van der Waals surface area (Å²) in [6.45, 7) is 4.48. The second-order valence-corrected chi connectivity index (χ2v) is 8.97. The van der Waals surface area contributed by atoms with Crippen molar-refractivity contribution in [2.24, 2.45) is 7.05 Å². The molecule has 0 fully saturated rings. The Bertz CT molecular complexity index is 873. The molecule has 126 valence electrons. The maximum Gasteiger partial charge on any atom is 0.132 e. The van der Waals surface area contributed by atoms with Crippen LogP contribution >= 0.6 is 41.5 Å². The van der Waals surface area contributed by atoms with Crippen LogP contribution in [0.2, 0.25) is 0 Å². The highest BCUT2D eigenvalue weighted by atomic mass is 127. The van der Waals surface area contributed by atoms with Gasteiger partial charge in [0.25, 0.3) is 0 Å². The maximum absolute atomic E-state index is 4.66. The zero-order chi connectivity index (χ0) is 16.7. The lowest BCUT2D eigenvalue weighted by molar-refractivity contribution is 0.220. The lowest BCUT2D eigenvalue weighted by atomic mass is 10.1. The molecule has 0 bridgehead atoms. The van der Waals surface area contributed by atoms with Gasteiger partial charge in [-0.15, -0.1) is 11.3 Å². The first-order chi connectivity index (χ1) is 11.7. The van der Waals surface area contributed by atoms with Crippen LogP contribution in [0.4, 0.5) is 0 Å². The minimum atomic E-state index is 0.411. The van der Waals surface area contributed by atoms with Crippen molar-refractivity contribution >= 4 is 51.7 Å². The highest BCUT2D eigenvalue weighted by Gasteiger charge is 2.24. The Morgan fingerprint density at radius 1 is 1.29 bits per heavy atom. The summed E-state index contributed by atoms with van der Waals surface area (Å²) in [5.41, 5.74) is 7.26. The minimum Gasteiger partial charge on any atom is -0.296 e. The van der Waals surface area contributed by atoms with Gasteiger partial charge >= 0.3 is 0 Å². The third-order valence-electron chi connectivity index (χ3n) is 4.98. The summed E-state index contributed by atoms with van der Waals surface area (Å²) in [5, 5.41) is 5.84. The zero-order valence-electron chi connectivity index (χ0n) is 13.7. The normalized spacial score (nSPS) is 17.0. The highest BCUT2D eigenvalue weighted by molar-refractivity contribution is 14.2. The van der Waals surface area contributed by atoms with Crippen LogP contribution in [-0.4, -0.2) is 32.8 Å². The number of nitrogens with zero attached hydrogens (tertiary/aromatic N) is 4. The minimum absolute atomic E-state index is 0.411. The third kappa shape index (κ3) is 3.00. The molecule has 0 radical (unpaired) electrons. The Labute approximate surface area is 162 Å². The van der Waals surface area contributed by atoms with Gasteiger partial charge in [0.05, 0.1) is 15.7 Å². The first-order valence-corrected chi connectivity index (χ1v) is 12.3. The lowest BCUT2D eigenvalue weighted by Crippen LogP contribution is -2.29. The number of fused-ring (bicyclic) bond motifs is 2. The van der Waals surface area contributed by atoms with Crippen LogP contribution in [0.1, 0.15) is 29.8 Å². The van der Waals surface area contributed by atoms with Gasteiger partial charge in [-0.2, -0.15) is 5.10 Å². The van der Waals surface area contributed by atoms with E-state index in [1.54, 1.807) is 20.3 Å². The SMILES string of the molecule is CC(c1ccc2scnc2c1)N1CCc2c(SI)nn(C)c2CC1. The Kier molecular flexibility index (Phi) is 4.86. The monoisotopic (exact) mass is 470 g/mol. The average molecular weight is 470 g/mol. The molecule has 0 spiro atoms. The van der Waals surface area contributed by atoms with Gasteiger partial charge in [0, 0.05) is 65.1 Å². The maximum atomic E-state index is 4.66. The third-order valence-corrected chi connectivity index (χ3v) is 7.52. The molecule has 7 heteroatoms. The molecule has 0 aliphatic carbocycles. The van der Waals surface area contributed by atoms with E-state index in [1.165, 1.54) is 26.5 Å². The number of aryl methyl sites for hydroxylation is 1. The van der Waals surface area contributed by atoms with Gasteiger partial charge in [0.15, 0.2) is 0 Å². The fourth-order valence-corrected chi connectivity index (χ4v) is 5.74. The van der Waals surface area contributed by atoms with Crippen molar-refractivity contribution in [2.45, 2.75) is 30.8 Å². The molecular weight excluding hydrogens is 451 g/mol. The van der Waals surface area contributed by atoms with E-state index < -0.39 is 0 Å². The van der Waals surface area contributed by atoms with E-state index >= 15 is 0 Å². The Morgan fingerprint density at radius 2 is 2.12 bits per heavy atom. The number of thiazole rings is 1. The lowest BCUT2D eigenvalue weighted by Gasteiger charge is -2.28. The second kappa shape index (κ2) is 6.93. The van der Waals surface area contributed by atoms with Gasteiger partial charge in [-0.25, -0.2) is 4.98 Å². The molecule has 1 unspecified atom stereocenters. The van der Waals surface area contributed by atoms with Crippen molar-refractivity contribution in [3.8, 4) is 0 Å². The summed E-state index contributed by atoms with van der Waals surface area (Å²) in [4.78, 5) is 7.06. The van der Waals surface area contributed by atoms with Crippen molar-refractivity contribution in [1.82, 2.24) is 19.7 Å². The van der Waals surface area contributed by atoms with E-state index in [1.807, 2.05) is 5.51 Å². The summed E-state index contributed by atoms with van der Waals surface area (Å²) in [5.74, 6) is 0. The van der Waals surface area contributed by atoms with E-state index in [0.29, 0.717) is 6.04 Å². The Morgan fingerprint density at radius 3 is 2.96 bits per heavy atom. The van der Waals surface area contributed by atoms with Gasteiger partial charge < -0.3 is 0 Å². The van der Waals surface area contributed by atoms with Crippen molar-refractivity contribution < 1.29 is 0 Å². The molecule has 0 N–H and O–H groups in total. The van der Waals surface area contributed by atoms with Crippen molar-refractivity contribution in [1.29, 1.82) is 0 Å². The molecule has 0 saturated heterocycles. The van der Waals surface area contributed by atoms with E-state index in [9.17, 15) is 0 Å².